The Morgan fingerprint density at radius 2 is 2.24 bits per heavy atom. The molecule has 108 valence electrons. The van der Waals surface area contributed by atoms with E-state index in [0.717, 1.165) is 30.7 Å². The zero-order valence-electron chi connectivity index (χ0n) is 12.0. The van der Waals surface area contributed by atoms with Gasteiger partial charge in [0.1, 0.15) is 5.75 Å². The lowest BCUT2D eigenvalue weighted by Crippen LogP contribution is -2.30. The zero-order chi connectivity index (χ0) is 14.7. The topological polar surface area (TPSA) is 42.4 Å². The SMILES string of the molecule is COc1cccc([C@H]2CCCN2C(=O)c2cccnc2)c1. The lowest BCUT2D eigenvalue weighted by Gasteiger charge is -2.25. The molecule has 1 saturated heterocycles. The van der Waals surface area contributed by atoms with Gasteiger partial charge in [-0.25, -0.2) is 0 Å². The molecule has 0 aliphatic carbocycles. The number of methoxy groups -OCH3 is 1. The second-order valence-electron chi connectivity index (χ2n) is 5.17. The Labute approximate surface area is 124 Å². The average Bonchev–Trinajstić information content (AvgIpc) is 3.04. The van der Waals surface area contributed by atoms with Crippen LogP contribution in [0, 0.1) is 0 Å². The van der Waals surface area contributed by atoms with E-state index < -0.39 is 0 Å². The number of hydrogen-bond donors (Lipinski definition) is 0. The van der Waals surface area contributed by atoms with Gasteiger partial charge in [-0.3, -0.25) is 9.78 Å². The van der Waals surface area contributed by atoms with Gasteiger partial charge in [0.2, 0.25) is 0 Å². The van der Waals surface area contributed by atoms with Crippen molar-refractivity contribution in [1.82, 2.24) is 9.88 Å². The van der Waals surface area contributed by atoms with Crippen LogP contribution in [0.1, 0.15) is 34.8 Å². The van der Waals surface area contributed by atoms with Crippen LogP contribution < -0.4 is 4.74 Å². The van der Waals surface area contributed by atoms with Gasteiger partial charge in [-0.15, -0.1) is 0 Å². The molecule has 0 N–H and O–H groups in total. The van der Waals surface area contributed by atoms with E-state index in [4.69, 9.17) is 4.74 Å². The summed E-state index contributed by atoms with van der Waals surface area (Å²) in [7, 11) is 1.66. The maximum atomic E-state index is 12.6. The van der Waals surface area contributed by atoms with Crippen LogP contribution in [0.25, 0.3) is 0 Å². The molecule has 1 aromatic carbocycles. The average molecular weight is 282 g/mol. The molecule has 2 heterocycles. The summed E-state index contributed by atoms with van der Waals surface area (Å²) in [5.74, 6) is 0.876. The molecule has 1 aliphatic rings. The largest absolute Gasteiger partial charge is 0.497 e. The number of aromatic nitrogens is 1. The monoisotopic (exact) mass is 282 g/mol. The van der Waals surface area contributed by atoms with Gasteiger partial charge >= 0.3 is 0 Å². The lowest BCUT2D eigenvalue weighted by atomic mass is 10.0. The molecule has 3 rings (SSSR count). The third kappa shape index (κ3) is 2.75. The van der Waals surface area contributed by atoms with Crippen molar-refractivity contribution in [3.05, 3.63) is 59.9 Å². The predicted molar refractivity (Wildman–Crippen MR) is 80.2 cm³/mol. The van der Waals surface area contributed by atoms with E-state index in [-0.39, 0.29) is 11.9 Å². The van der Waals surface area contributed by atoms with Crippen LogP contribution in [0.15, 0.2) is 48.8 Å². The molecule has 0 spiro atoms. The molecule has 1 aromatic heterocycles. The van der Waals surface area contributed by atoms with E-state index in [1.165, 1.54) is 0 Å². The van der Waals surface area contributed by atoms with Crippen molar-refractivity contribution in [2.45, 2.75) is 18.9 Å². The summed E-state index contributed by atoms with van der Waals surface area (Å²) in [6.45, 7) is 0.787. The standard InChI is InChI=1S/C17H18N2O2/c1-21-15-7-2-5-13(11-15)16-8-4-10-19(16)17(20)14-6-3-9-18-12-14/h2-3,5-7,9,11-12,16H,4,8,10H2,1H3/t16-/m1/s1. The molecule has 2 aromatic rings. The van der Waals surface area contributed by atoms with Gasteiger partial charge in [-0.2, -0.15) is 0 Å². The van der Waals surface area contributed by atoms with Gasteiger partial charge in [-0.05, 0) is 42.7 Å². The Bertz CT molecular complexity index is 628. The molecule has 1 atom stereocenters. The first-order valence-corrected chi connectivity index (χ1v) is 7.14. The van der Waals surface area contributed by atoms with Crippen LogP contribution in [0.2, 0.25) is 0 Å². The first kappa shape index (κ1) is 13.6. The van der Waals surface area contributed by atoms with Crippen molar-refractivity contribution >= 4 is 5.91 Å². The summed E-state index contributed by atoms with van der Waals surface area (Å²) >= 11 is 0. The molecule has 1 amide bonds. The normalized spacial score (nSPS) is 17.8. The molecule has 1 fully saturated rings. The number of hydrogen-bond acceptors (Lipinski definition) is 3. The second-order valence-corrected chi connectivity index (χ2v) is 5.17. The fourth-order valence-corrected chi connectivity index (χ4v) is 2.86. The quantitative estimate of drug-likeness (QED) is 0.869. The van der Waals surface area contributed by atoms with Gasteiger partial charge in [0.05, 0.1) is 18.7 Å². The summed E-state index contributed by atoms with van der Waals surface area (Å²) in [5, 5.41) is 0. The molecule has 0 radical (unpaired) electrons. The Morgan fingerprint density at radius 3 is 3.00 bits per heavy atom. The summed E-state index contributed by atoms with van der Waals surface area (Å²) < 4.78 is 5.28. The predicted octanol–water partition coefficient (Wildman–Crippen LogP) is 3.07. The van der Waals surface area contributed by atoms with Crippen molar-refractivity contribution < 1.29 is 9.53 Å². The minimum absolute atomic E-state index is 0.0495. The molecule has 0 unspecified atom stereocenters. The van der Waals surface area contributed by atoms with Crippen molar-refractivity contribution in [3.63, 3.8) is 0 Å². The van der Waals surface area contributed by atoms with Crippen LogP contribution in [0.4, 0.5) is 0 Å². The summed E-state index contributed by atoms with van der Waals surface area (Å²) in [5.41, 5.74) is 1.77. The second kappa shape index (κ2) is 5.95. The molecule has 21 heavy (non-hydrogen) atoms. The Morgan fingerprint density at radius 1 is 1.33 bits per heavy atom. The number of nitrogens with zero attached hydrogens (tertiary/aromatic N) is 2. The van der Waals surface area contributed by atoms with E-state index in [0.29, 0.717) is 5.56 Å². The number of benzene rings is 1. The number of pyridine rings is 1. The number of likely N-dealkylation sites (tertiary alicyclic amines) is 1. The van der Waals surface area contributed by atoms with Gasteiger partial charge in [0.15, 0.2) is 0 Å². The highest BCUT2D eigenvalue weighted by Crippen LogP contribution is 2.34. The first-order chi connectivity index (χ1) is 10.3. The van der Waals surface area contributed by atoms with Gasteiger partial charge in [0.25, 0.3) is 5.91 Å². The lowest BCUT2D eigenvalue weighted by molar-refractivity contribution is 0.0735. The van der Waals surface area contributed by atoms with E-state index >= 15 is 0 Å². The molecule has 4 nitrogen and oxygen atoms in total. The van der Waals surface area contributed by atoms with Crippen molar-refractivity contribution in [3.8, 4) is 5.75 Å². The molecular weight excluding hydrogens is 264 g/mol. The summed E-state index contributed by atoms with van der Waals surface area (Å²) in [6.07, 6.45) is 5.32. The van der Waals surface area contributed by atoms with E-state index in [1.54, 1.807) is 25.6 Å². The minimum atomic E-state index is 0.0495. The molecular formula is C17H18N2O2. The van der Waals surface area contributed by atoms with Crippen LogP contribution in [0.5, 0.6) is 5.75 Å². The highest BCUT2D eigenvalue weighted by atomic mass is 16.5. The number of rotatable bonds is 3. The Balaban J connectivity index is 1.87. The fourth-order valence-electron chi connectivity index (χ4n) is 2.86. The molecule has 4 heteroatoms. The summed E-state index contributed by atoms with van der Waals surface area (Å²) in [4.78, 5) is 18.6. The smallest absolute Gasteiger partial charge is 0.255 e. The number of carbonyl (C=O) groups is 1. The number of amides is 1. The van der Waals surface area contributed by atoms with Crippen LogP contribution in [-0.4, -0.2) is 29.4 Å². The number of carbonyl (C=O) groups excluding carboxylic acids is 1. The maximum absolute atomic E-state index is 12.6. The van der Waals surface area contributed by atoms with Crippen molar-refractivity contribution in [2.24, 2.45) is 0 Å². The Hall–Kier alpha value is -2.36. The van der Waals surface area contributed by atoms with E-state index in [9.17, 15) is 4.79 Å². The molecule has 0 bridgehead atoms. The van der Waals surface area contributed by atoms with Crippen molar-refractivity contribution in [2.75, 3.05) is 13.7 Å². The van der Waals surface area contributed by atoms with Gasteiger partial charge < -0.3 is 9.64 Å². The Kier molecular flexibility index (Phi) is 3.86. The van der Waals surface area contributed by atoms with Gasteiger partial charge in [-0.1, -0.05) is 12.1 Å². The highest BCUT2D eigenvalue weighted by molar-refractivity contribution is 5.94. The van der Waals surface area contributed by atoms with Crippen LogP contribution >= 0.6 is 0 Å². The molecule has 1 aliphatic heterocycles. The van der Waals surface area contributed by atoms with Gasteiger partial charge in [0, 0.05) is 18.9 Å². The zero-order valence-corrected chi connectivity index (χ0v) is 12.0. The maximum Gasteiger partial charge on any atom is 0.255 e. The fraction of sp³-hybridized carbons (Fsp3) is 0.294. The first-order valence-electron chi connectivity index (χ1n) is 7.14. The third-order valence-electron chi connectivity index (χ3n) is 3.90. The summed E-state index contributed by atoms with van der Waals surface area (Å²) in [6, 6.07) is 11.7. The van der Waals surface area contributed by atoms with Crippen molar-refractivity contribution in [1.29, 1.82) is 0 Å². The van der Waals surface area contributed by atoms with E-state index in [2.05, 4.69) is 11.1 Å². The highest BCUT2D eigenvalue weighted by Gasteiger charge is 2.30. The van der Waals surface area contributed by atoms with Crippen LogP contribution in [-0.2, 0) is 0 Å². The van der Waals surface area contributed by atoms with E-state index in [1.807, 2.05) is 29.2 Å². The number of ether oxygens (including phenoxy) is 1. The third-order valence-corrected chi connectivity index (χ3v) is 3.90. The minimum Gasteiger partial charge on any atom is -0.497 e. The molecule has 0 saturated carbocycles. The van der Waals surface area contributed by atoms with Crippen LogP contribution in [0.3, 0.4) is 0 Å².